The third-order valence-electron chi connectivity index (χ3n) is 0.938. The topological polar surface area (TPSA) is 90.9 Å². The summed E-state index contributed by atoms with van der Waals surface area (Å²) in [6.45, 7) is 0. The van der Waals surface area contributed by atoms with Crippen LogP contribution in [-0.4, -0.2) is 15.3 Å². The molecule has 0 fully saturated rings. The Hall–Kier alpha value is -1.13. The third-order valence-corrected chi connectivity index (χ3v) is 0.938. The molecule has 0 bridgehead atoms. The van der Waals surface area contributed by atoms with Gasteiger partial charge in [0.15, 0.2) is 5.75 Å². The molecule has 0 saturated carbocycles. The van der Waals surface area contributed by atoms with Crippen LogP contribution in [0.15, 0.2) is 15.5 Å². The summed E-state index contributed by atoms with van der Waals surface area (Å²) in [6, 6.07) is 0. The van der Waals surface area contributed by atoms with E-state index in [0.29, 0.717) is 6.26 Å². The van der Waals surface area contributed by atoms with Gasteiger partial charge in [-0.15, -0.1) is 0 Å². The van der Waals surface area contributed by atoms with Crippen LogP contribution in [0.5, 0.6) is 17.2 Å². The van der Waals surface area contributed by atoms with E-state index in [9.17, 15) is 4.79 Å². The first-order chi connectivity index (χ1) is 4.63. The van der Waals surface area contributed by atoms with Gasteiger partial charge in [0.05, 0.1) is 0 Å². The van der Waals surface area contributed by atoms with Gasteiger partial charge in [0.25, 0.3) is 0 Å². The quantitative estimate of drug-likeness (QED) is 0.502. The van der Waals surface area contributed by atoms with Gasteiger partial charge >= 0.3 is 5.63 Å². The molecule has 6 heteroatoms. The number of aromatic hydroxyl groups is 3. The molecule has 0 saturated heterocycles. The second kappa shape index (κ2) is 3.32. The van der Waals surface area contributed by atoms with Gasteiger partial charge in [-0.2, -0.15) is 0 Å². The molecule has 3 N–H and O–H groups in total. The zero-order valence-corrected chi connectivity index (χ0v) is 6.19. The van der Waals surface area contributed by atoms with E-state index in [1.54, 1.807) is 0 Å². The number of hydrogen-bond donors (Lipinski definition) is 3. The standard InChI is InChI=1S/C5H4O5.Fe/c6-2-1-10-5(9)4(8)3(2)7;/h1,6-8H;. The Morgan fingerprint density at radius 3 is 2.18 bits per heavy atom. The molecule has 0 spiro atoms. The third kappa shape index (κ3) is 1.66. The molecule has 1 rings (SSSR count). The zero-order valence-electron chi connectivity index (χ0n) is 5.09. The molecule has 1 aromatic rings. The van der Waals surface area contributed by atoms with E-state index in [1.165, 1.54) is 0 Å². The van der Waals surface area contributed by atoms with E-state index in [1.807, 2.05) is 0 Å². The normalized spacial score (nSPS) is 8.73. The summed E-state index contributed by atoms with van der Waals surface area (Å²) in [5.41, 5.74) is -1.09. The molecule has 1 heterocycles. The van der Waals surface area contributed by atoms with Crippen molar-refractivity contribution in [3.63, 3.8) is 0 Å². The van der Waals surface area contributed by atoms with Gasteiger partial charge in [-0.25, -0.2) is 4.79 Å². The molecule has 0 amide bonds. The Bertz CT molecular complexity index is 304. The molecule has 0 unspecified atom stereocenters. The SMILES string of the molecule is O=c1occ(O)c(O)c1O.[Fe]. The largest absolute Gasteiger partial charge is 0.502 e. The maximum absolute atomic E-state index is 10.3. The average molecular weight is 200 g/mol. The Labute approximate surface area is 71.4 Å². The molecule has 1 aromatic heterocycles. The monoisotopic (exact) mass is 200 g/mol. The van der Waals surface area contributed by atoms with Crippen molar-refractivity contribution in [3.05, 3.63) is 16.7 Å². The van der Waals surface area contributed by atoms with Gasteiger partial charge in [0.2, 0.25) is 11.5 Å². The summed E-state index contributed by atoms with van der Waals surface area (Å²) < 4.78 is 4.05. The van der Waals surface area contributed by atoms with Crippen LogP contribution in [0.2, 0.25) is 0 Å². The molecule has 0 aliphatic rings. The Kier molecular flexibility index (Phi) is 2.98. The van der Waals surface area contributed by atoms with Crippen molar-refractivity contribution >= 4 is 0 Å². The molecule has 0 radical (unpaired) electrons. The second-order valence-corrected chi connectivity index (χ2v) is 1.61. The summed E-state index contributed by atoms with van der Waals surface area (Å²) in [7, 11) is 0. The molecule has 62 valence electrons. The minimum atomic E-state index is -1.09. The fourth-order valence-corrected chi connectivity index (χ4v) is 0.439. The van der Waals surface area contributed by atoms with E-state index in [-0.39, 0.29) is 17.1 Å². The maximum Gasteiger partial charge on any atom is 0.382 e. The average Bonchev–Trinajstić information content (AvgIpc) is 1.93. The zero-order chi connectivity index (χ0) is 7.72. The first-order valence-corrected chi connectivity index (χ1v) is 2.35. The molecule has 5 nitrogen and oxygen atoms in total. The number of rotatable bonds is 0. The first kappa shape index (κ1) is 9.87. The molecule has 11 heavy (non-hydrogen) atoms. The van der Waals surface area contributed by atoms with E-state index in [2.05, 4.69) is 4.42 Å². The minimum Gasteiger partial charge on any atom is -0.502 e. The smallest absolute Gasteiger partial charge is 0.382 e. The van der Waals surface area contributed by atoms with Crippen molar-refractivity contribution in [2.24, 2.45) is 0 Å². The summed E-state index contributed by atoms with van der Waals surface area (Å²) in [6.07, 6.45) is 0.636. The minimum absolute atomic E-state index is 0. The molecular weight excluding hydrogens is 196 g/mol. The maximum atomic E-state index is 10.3. The van der Waals surface area contributed by atoms with Crippen molar-refractivity contribution in [2.75, 3.05) is 0 Å². The van der Waals surface area contributed by atoms with Crippen molar-refractivity contribution in [2.45, 2.75) is 0 Å². The number of hydrogen-bond acceptors (Lipinski definition) is 5. The van der Waals surface area contributed by atoms with Crippen LogP contribution in [0, 0.1) is 0 Å². The van der Waals surface area contributed by atoms with E-state index in [0.717, 1.165) is 0 Å². The molecular formula is C5H4FeO5. The van der Waals surface area contributed by atoms with E-state index in [4.69, 9.17) is 15.3 Å². The van der Waals surface area contributed by atoms with Gasteiger partial charge in [-0.3, -0.25) is 0 Å². The van der Waals surface area contributed by atoms with Gasteiger partial charge in [-0.05, 0) is 0 Å². The molecule has 0 aliphatic carbocycles. The van der Waals surface area contributed by atoms with Gasteiger partial charge < -0.3 is 19.7 Å². The second-order valence-electron chi connectivity index (χ2n) is 1.61. The Balaban J connectivity index is 0.000001000. The van der Waals surface area contributed by atoms with E-state index < -0.39 is 22.9 Å². The fourth-order valence-electron chi connectivity index (χ4n) is 0.439. The Morgan fingerprint density at radius 2 is 1.73 bits per heavy atom. The van der Waals surface area contributed by atoms with Crippen molar-refractivity contribution < 1.29 is 36.8 Å². The predicted molar refractivity (Wildman–Crippen MR) is 30.0 cm³/mol. The predicted octanol–water partition coefficient (Wildman–Crippen LogP) is -0.246. The van der Waals surface area contributed by atoms with Crippen LogP contribution in [0.1, 0.15) is 0 Å². The van der Waals surface area contributed by atoms with Crippen LogP contribution in [-0.2, 0) is 17.1 Å². The molecule has 0 aromatic carbocycles. The summed E-state index contributed by atoms with van der Waals surface area (Å²) in [4.78, 5) is 10.3. The summed E-state index contributed by atoms with van der Waals surface area (Å²) in [5, 5.41) is 25.8. The van der Waals surface area contributed by atoms with E-state index >= 15 is 0 Å². The van der Waals surface area contributed by atoms with Crippen molar-refractivity contribution in [1.29, 1.82) is 0 Å². The Morgan fingerprint density at radius 1 is 1.18 bits per heavy atom. The van der Waals surface area contributed by atoms with Gasteiger partial charge in [0.1, 0.15) is 6.26 Å². The fraction of sp³-hybridized carbons (Fsp3) is 0. The van der Waals surface area contributed by atoms with Crippen molar-refractivity contribution in [3.8, 4) is 17.2 Å². The van der Waals surface area contributed by atoms with Gasteiger partial charge in [0, 0.05) is 17.1 Å². The first-order valence-electron chi connectivity index (χ1n) is 2.35. The van der Waals surface area contributed by atoms with Crippen LogP contribution >= 0.6 is 0 Å². The van der Waals surface area contributed by atoms with Crippen LogP contribution in [0.4, 0.5) is 0 Å². The van der Waals surface area contributed by atoms with Crippen LogP contribution < -0.4 is 5.63 Å². The van der Waals surface area contributed by atoms with Crippen molar-refractivity contribution in [1.82, 2.24) is 0 Å². The molecule has 0 aliphatic heterocycles. The summed E-state index contributed by atoms with van der Waals surface area (Å²) >= 11 is 0. The van der Waals surface area contributed by atoms with Gasteiger partial charge in [-0.1, -0.05) is 0 Å². The molecule has 0 atom stereocenters. The van der Waals surface area contributed by atoms with Crippen LogP contribution in [0.3, 0.4) is 0 Å². The summed E-state index contributed by atoms with van der Waals surface area (Å²) in [5.74, 6) is -2.52. The van der Waals surface area contributed by atoms with Crippen LogP contribution in [0.25, 0.3) is 0 Å².